The summed E-state index contributed by atoms with van der Waals surface area (Å²) in [6, 6.07) is 6.56. The maximum atomic E-state index is 11.6. The van der Waals surface area contributed by atoms with Crippen molar-refractivity contribution in [2.75, 3.05) is 45.2 Å². The van der Waals surface area contributed by atoms with Gasteiger partial charge < -0.3 is 20.3 Å². The molecule has 1 aromatic carbocycles. The predicted octanol–water partition coefficient (Wildman–Crippen LogP) is 1.86. The number of para-hydroxylation sites is 2. The Hall–Kier alpha value is -2.84. The van der Waals surface area contributed by atoms with Crippen LogP contribution in [0.1, 0.15) is 19.8 Å². The van der Waals surface area contributed by atoms with Gasteiger partial charge in [0, 0.05) is 32.2 Å². The average Bonchev–Trinajstić information content (AvgIpc) is 2.70. The SMILES string of the molecule is CCNC(=NCCNc1ccccc1[N+](=O)[O-])N1CCC(C(=O)OC)CC1. The van der Waals surface area contributed by atoms with Gasteiger partial charge in [0.15, 0.2) is 5.96 Å². The van der Waals surface area contributed by atoms with E-state index in [4.69, 9.17) is 4.74 Å². The third-order valence-corrected chi connectivity index (χ3v) is 4.45. The molecule has 0 amide bonds. The van der Waals surface area contributed by atoms with E-state index >= 15 is 0 Å². The number of piperidine rings is 1. The molecule has 0 bridgehead atoms. The van der Waals surface area contributed by atoms with Crippen molar-refractivity contribution < 1.29 is 14.5 Å². The van der Waals surface area contributed by atoms with E-state index in [9.17, 15) is 14.9 Å². The molecule has 0 atom stereocenters. The number of likely N-dealkylation sites (tertiary alicyclic amines) is 1. The third-order valence-electron chi connectivity index (χ3n) is 4.45. The molecule has 1 saturated heterocycles. The summed E-state index contributed by atoms with van der Waals surface area (Å²) in [5, 5.41) is 17.4. The highest BCUT2D eigenvalue weighted by atomic mass is 16.6. The first-order valence-electron chi connectivity index (χ1n) is 9.15. The molecule has 1 aliphatic rings. The van der Waals surface area contributed by atoms with E-state index in [1.165, 1.54) is 13.2 Å². The highest BCUT2D eigenvalue weighted by molar-refractivity contribution is 5.80. The van der Waals surface area contributed by atoms with Gasteiger partial charge in [-0.2, -0.15) is 0 Å². The number of nitro benzene ring substituents is 1. The zero-order valence-electron chi connectivity index (χ0n) is 15.8. The molecule has 0 aliphatic carbocycles. The van der Waals surface area contributed by atoms with Gasteiger partial charge >= 0.3 is 5.97 Å². The fraction of sp³-hybridized carbons (Fsp3) is 0.556. The Bertz CT molecular complexity index is 671. The maximum Gasteiger partial charge on any atom is 0.308 e. The van der Waals surface area contributed by atoms with Crippen LogP contribution in [0.25, 0.3) is 0 Å². The van der Waals surface area contributed by atoms with Crippen molar-refractivity contribution >= 4 is 23.3 Å². The molecule has 148 valence electrons. The fourth-order valence-electron chi connectivity index (χ4n) is 3.05. The van der Waals surface area contributed by atoms with E-state index in [-0.39, 0.29) is 17.6 Å². The summed E-state index contributed by atoms with van der Waals surface area (Å²) in [6.45, 7) is 5.19. The van der Waals surface area contributed by atoms with Gasteiger partial charge in [-0.3, -0.25) is 19.9 Å². The molecule has 0 saturated carbocycles. The molecule has 0 aromatic heterocycles. The van der Waals surface area contributed by atoms with Gasteiger partial charge in [-0.15, -0.1) is 0 Å². The lowest BCUT2D eigenvalue weighted by molar-refractivity contribution is -0.384. The number of carbonyl (C=O) groups excluding carboxylic acids is 1. The van der Waals surface area contributed by atoms with Crippen LogP contribution >= 0.6 is 0 Å². The van der Waals surface area contributed by atoms with E-state index < -0.39 is 4.92 Å². The molecular formula is C18H27N5O4. The van der Waals surface area contributed by atoms with E-state index in [1.54, 1.807) is 18.2 Å². The zero-order chi connectivity index (χ0) is 19.6. The maximum absolute atomic E-state index is 11.6. The molecule has 0 unspecified atom stereocenters. The third kappa shape index (κ3) is 5.83. The number of nitrogens with one attached hydrogen (secondary N) is 2. The summed E-state index contributed by atoms with van der Waals surface area (Å²) in [5.41, 5.74) is 0.542. The highest BCUT2D eigenvalue weighted by Crippen LogP contribution is 2.22. The van der Waals surface area contributed by atoms with Crippen LogP contribution in [-0.2, 0) is 9.53 Å². The van der Waals surface area contributed by atoms with Gasteiger partial charge in [0.2, 0.25) is 0 Å². The molecule has 1 heterocycles. The Balaban J connectivity index is 1.89. The molecule has 27 heavy (non-hydrogen) atoms. The number of benzene rings is 1. The molecule has 9 heteroatoms. The van der Waals surface area contributed by atoms with E-state index in [0.29, 0.717) is 18.8 Å². The summed E-state index contributed by atoms with van der Waals surface area (Å²) < 4.78 is 4.82. The second-order valence-electron chi connectivity index (χ2n) is 6.22. The largest absolute Gasteiger partial charge is 0.469 e. The molecule has 0 radical (unpaired) electrons. The Morgan fingerprint density at radius 2 is 2.07 bits per heavy atom. The van der Waals surface area contributed by atoms with Crippen molar-refractivity contribution in [1.82, 2.24) is 10.2 Å². The van der Waals surface area contributed by atoms with E-state index in [2.05, 4.69) is 20.5 Å². The first-order valence-corrected chi connectivity index (χ1v) is 9.15. The Labute approximate surface area is 158 Å². The minimum Gasteiger partial charge on any atom is -0.469 e. The van der Waals surface area contributed by atoms with Gasteiger partial charge in [0.05, 0.1) is 24.5 Å². The summed E-state index contributed by atoms with van der Waals surface area (Å²) in [6.07, 6.45) is 1.48. The van der Waals surface area contributed by atoms with Crippen LogP contribution in [0.2, 0.25) is 0 Å². The average molecular weight is 377 g/mol. The number of carbonyl (C=O) groups is 1. The van der Waals surface area contributed by atoms with Crippen LogP contribution in [0.4, 0.5) is 11.4 Å². The Kier molecular flexibility index (Phi) is 7.84. The van der Waals surface area contributed by atoms with Crippen molar-refractivity contribution in [2.45, 2.75) is 19.8 Å². The monoisotopic (exact) mass is 377 g/mol. The summed E-state index contributed by atoms with van der Waals surface area (Å²) in [7, 11) is 1.42. The van der Waals surface area contributed by atoms with Crippen LogP contribution in [0.5, 0.6) is 0 Å². The van der Waals surface area contributed by atoms with Crippen LogP contribution < -0.4 is 10.6 Å². The lowest BCUT2D eigenvalue weighted by Gasteiger charge is -2.33. The fourth-order valence-corrected chi connectivity index (χ4v) is 3.05. The van der Waals surface area contributed by atoms with Crippen molar-refractivity contribution in [3.8, 4) is 0 Å². The van der Waals surface area contributed by atoms with Gasteiger partial charge in [-0.1, -0.05) is 12.1 Å². The van der Waals surface area contributed by atoms with Crippen LogP contribution in [0, 0.1) is 16.0 Å². The van der Waals surface area contributed by atoms with Gasteiger partial charge in [0.25, 0.3) is 5.69 Å². The van der Waals surface area contributed by atoms with Crippen molar-refractivity contribution in [3.63, 3.8) is 0 Å². The lowest BCUT2D eigenvalue weighted by atomic mass is 9.97. The number of rotatable bonds is 7. The Morgan fingerprint density at radius 3 is 2.70 bits per heavy atom. The molecule has 2 rings (SSSR count). The first kappa shape index (κ1) is 20.5. The predicted molar refractivity (Wildman–Crippen MR) is 104 cm³/mol. The van der Waals surface area contributed by atoms with Crippen LogP contribution in [-0.4, -0.2) is 61.6 Å². The quantitative estimate of drug-likeness (QED) is 0.186. The van der Waals surface area contributed by atoms with Gasteiger partial charge in [-0.25, -0.2) is 0 Å². The van der Waals surface area contributed by atoms with Crippen LogP contribution in [0.15, 0.2) is 29.3 Å². The summed E-state index contributed by atoms with van der Waals surface area (Å²) >= 11 is 0. The smallest absolute Gasteiger partial charge is 0.308 e. The standard InChI is InChI=1S/C18H27N5O4/c1-3-19-18(22-12-8-14(9-13-22)17(24)27-2)21-11-10-20-15-6-4-5-7-16(15)23(25)26/h4-7,14,20H,3,8-13H2,1-2H3,(H,19,21). The zero-order valence-corrected chi connectivity index (χ0v) is 15.8. The topological polar surface area (TPSA) is 109 Å². The number of esters is 1. The number of hydrogen-bond acceptors (Lipinski definition) is 6. The van der Waals surface area contributed by atoms with Crippen LogP contribution in [0.3, 0.4) is 0 Å². The number of ether oxygens (including phenoxy) is 1. The second-order valence-corrected chi connectivity index (χ2v) is 6.22. The molecule has 1 fully saturated rings. The lowest BCUT2D eigenvalue weighted by Crippen LogP contribution is -2.46. The molecular weight excluding hydrogens is 350 g/mol. The van der Waals surface area contributed by atoms with E-state index in [1.807, 2.05) is 6.92 Å². The number of nitro groups is 1. The highest BCUT2D eigenvalue weighted by Gasteiger charge is 2.26. The number of hydrogen-bond donors (Lipinski definition) is 2. The minimum absolute atomic E-state index is 0.0468. The number of aliphatic imine (C=N–C) groups is 1. The van der Waals surface area contributed by atoms with Gasteiger partial charge in [-0.05, 0) is 25.8 Å². The second kappa shape index (κ2) is 10.3. The Morgan fingerprint density at radius 1 is 1.37 bits per heavy atom. The normalized spacial score (nSPS) is 15.3. The number of anilines is 1. The van der Waals surface area contributed by atoms with Crippen molar-refractivity contribution in [3.05, 3.63) is 34.4 Å². The number of nitrogens with zero attached hydrogens (tertiary/aromatic N) is 3. The molecule has 0 spiro atoms. The summed E-state index contributed by atoms with van der Waals surface area (Å²) in [4.78, 5) is 29.0. The molecule has 2 N–H and O–H groups in total. The number of guanidine groups is 1. The summed E-state index contributed by atoms with van der Waals surface area (Å²) in [5.74, 6) is 0.602. The molecule has 1 aromatic rings. The molecule has 1 aliphatic heterocycles. The first-order chi connectivity index (χ1) is 13.1. The van der Waals surface area contributed by atoms with Gasteiger partial charge in [0.1, 0.15) is 5.69 Å². The van der Waals surface area contributed by atoms with E-state index in [0.717, 1.165) is 38.4 Å². The number of methoxy groups -OCH3 is 1. The van der Waals surface area contributed by atoms with Crippen molar-refractivity contribution in [2.24, 2.45) is 10.9 Å². The van der Waals surface area contributed by atoms with Crippen molar-refractivity contribution in [1.29, 1.82) is 0 Å². The molecule has 9 nitrogen and oxygen atoms in total. The minimum atomic E-state index is -0.402.